The van der Waals surface area contributed by atoms with Crippen molar-refractivity contribution in [3.05, 3.63) is 132 Å². The first-order chi connectivity index (χ1) is 15.2. The lowest BCUT2D eigenvalue weighted by Crippen LogP contribution is -2.49. The Labute approximate surface area is 181 Å². The van der Waals surface area contributed by atoms with Crippen LogP contribution in [0.15, 0.2) is 109 Å². The Kier molecular flexibility index (Phi) is 4.97. The zero-order valence-electron chi connectivity index (χ0n) is 16.9. The normalized spacial score (nSPS) is 15.6. The molecule has 4 heteroatoms. The van der Waals surface area contributed by atoms with E-state index in [9.17, 15) is 9.18 Å². The summed E-state index contributed by atoms with van der Waals surface area (Å²) in [6, 6.07) is 33.9. The van der Waals surface area contributed by atoms with Crippen LogP contribution in [-0.2, 0) is 6.54 Å². The Morgan fingerprint density at radius 3 is 2.03 bits per heavy atom. The maximum absolute atomic E-state index is 13.7. The SMILES string of the molecule is O=C1c2ccccc2N(Cc2ccccc2)[C@H](c2ccc(F)cc2)N1c1ccccc1. The van der Waals surface area contributed by atoms with Gasteiger partial charge in [-0.05, 0) is 47.5 Å². The van der Waals surface area contributed by atoms with E-state index in [-0.39, 0.29) is 11.7 Å². The molecule has 0 unspecified atom stereocenters. The molecule has 0 saturated heterocycles. The summed E-state index contributed by atoms with van der Waals surface area (Å²) in [7, 11) is 0. The van der Waals surface area contributed by atoms with Crippen molar-refractivity contribution < 1.29 is 9.18 Å². The number of fused-ring (bicyclic) bond motifs is 1. The van der Waals surface area contributed by atoms with Gasteiger partial charge >= 0.3 is 0 Å². The van der Waals surface area contributed by atoms with E-state index < -0.39 is 6.17 Å². The van der Waals surface area contributed by atoms with Gasteiger partial charge in [-0.1, -0.05) is 72.8 Å². The van der Waals surface area contributed by atoms with Crippen LogP contribution in [0, 0.1) is 5.82 Å². The van der Waals surface area contributed by atoms with Crippen molar-refractivity contribution in [3.63, 3.8) is 0 Å². The number of hydrogen-bond acceptors (Lipinski definition) is 2. The molecule has 4 aromatic rings. The van der Waals surface area contributed by atoms with E-state index in [0.29, 0.717) is 12.1 Å². The van der Waals surface area contributed by atoms with Gasteiger partial charge in [0.15, 0.2) is 0 Å². The van der Waals surface area contributed by atoms with E-state index >= 15 is 0 Å². The van der Waals surface area contributed by atoms with Crippen LogP contribution < -0.4 is 9.80 Å². The first-order valence-electron chi connectivity index (χ1n) is 10.3. The van der Waals surface area contributed by atoms with Gasteiger partial charge < -0.3 is 4.90 Å². The number of amides is 1. The molecule has 4 aromatic carbocycles. The fraction of sp³-hybridized carbons (Fsp3) is 0.0741. The molecule has 1 aliphatic heterocycles. The smallest absolute Gasteiger partial charge is 0.262 e. The third-order valence-corrected chi connectivity index (χ3v) is 5.60. The van der Waals surface area contributed by atoms with E-state index in [2.05, 4.69) is 17.0 Å². The maximum Gasteiger partial charge on any atom is 0.262 e. The lowest BCUT2D eigenvalue weighted by Gasteiger charge is -2.46. The molecule has 0 radical (unpaired) electrons. The summed E-state index contributed by atoms with van der Waals surface area (Å²) in [4.78, 5) is 17.7. The molecule has 0 fully saturated rings. The van der Waals surface area contributed by atoms with Crippen molar-refractivity contribution in [2.75, 3.05) is 9.80 Å². The third kappa shape index (κ3) is 3.57. The number of hydrogen-bond donors (Lipinski definition) is 0. The Morgan fingerprint density at radius 1 is 0.710 bits per heavy atom. The lowest BCUT2D eigenvalue weighted by atomic mass is 9.99. The zero-order valence-corrected chi connectivity index (χ0v) is 16.9. The highest BCUT2D eigenvalue weighted by Crippen LogP contribution is 2.42. The van der Waals surface area contributed by atoms with Crippen LogP contribution in [0.2, 0.25) is 0 Å². The second kappa shape index (κ2) is 8.07. The molecule has 0 aliphatic carbocycles. The topological polar surface area (TPSA) is 23.6 Å². The highest BCUT2D eigenvalue weighted by atomic mass is 19.1. The van der Waals surface area contributed by atoms with Gasteiger partial charge in [0.05, 0.1) is 11.3 Å². The van der Waals surface area contributed by atoms with Crippen LogP contribution in [0.3, 0.4) is 0 Å². The minimum Gasteiger partial charge on any atom is -0.342 e. The van der Waals surface area contributed by atoms with Gasteiger partial charge in [0.2, 0.25) is 0 Å². The van der Waals surface area contributed by atoms with Crippen molar-refractivity contribution in [2.24, 2.45) is 0 Å². The van der Waals surface area contributed by atoms with E-state index in [0.717, 1.165) is 22.5 Å². The molecule has 1 aliphatic rings. The van der Waals surface area contributed by atoms with Crippen LogP contribution in [0.4, 0.5) is 15.8 Å². The van der Waals surface area contributed by atoms with Gasteiger partial charge in [-0.3, -0.25) is 9.69 Å². The zero-order chi connectivity index (χ0) is 21.2. The number of carbonyl (C=O) groups excluding carboxylic acids is 1. The predicted molar refractivity (Wildman–Crippen MR) is 121 cm³/mol. The first-order valence-corrected chi connectivity index (χ1v) is 10.3. The van der Waals surface area contributed by atoms with Crippen molar-refractivity contribution in [3.8, 4) is 0 Å². The van der Waals surface area contributed by atoms with Crippen molar-refractivity contribution in [1.29, 1.82) is 0 Å². The Morgan fingerprint density at radius 2 is 1.32 bits per heavy atom. The number of rotatable bonds is 4. The molecule has 0 N–H and O–H groups in total. The standard InChI is InChI=1S/C27H21FN2O/c28-22-17-15-21(16-18-22)26-29(19-20-9-3-1-4-10-20)25-14-8-7-13-24(25)27(31)30(26)23-11-5-2-6-12-23/h1-18,26H,19H2/t26-/m0/s1. The molecule has 3 nitrogen and oxygen atoms in total. The van der Waals surface area contributed by atoms with Crippen LogP contribution in [0.25, 0.3) is 0 Å². The fourth-order valence-electron chi connectivity index (χ4n) is 4.18. The Bertz CT molecular complexity index is 1190. The maximum atomic E-state index is 13.7. The molecule has 31 heavy (non-hydrogen) atoms. The van der Waals surface area contributed by atoms with Gasteiger partial charge in [-0.15, -0.1) is 0 Å². The largest absolute Gasteiger partial charge is 0.342 e. The van der Waals surface area contributed by atoms with Gasteiger partial charge in [0.25, 0.3) is 5.91 Å². The van der Waals surface area contributed by atoms with Crippen LogP contribution in [0.1, 0.15) is 27.7 Å². The molecular formula is C27H21FN2O. The highest BCUT2D eigenvalue weighted by Gasteiger charge is 2.39. The van der Waals surface area contributed by atoms with Crippen LogP contribution in [-0.4, -0.2) is 5.91 Å². The summed E-state index contributed by atoms with van der Waals surface area (Å²) in [6.45, 7) is 0.608. The monoisotopic (exact) mass is 408 g/mol. The summed E-state index contributed by atoms with van der Waals surface area (Å²) in [5.74, 6) is -0.368. The molecule has 5 rings (SSSR count). The van der Waals surface area contributed by atoms with E-state index in [1.807, 2.05) is 72.8 Å². The Hall–Kier alpha value is -3.92. The number of benzene rings is 4. The summed E-state index contributed by atoms with van der Waals surface area (Å²) < 4.78 is 13.7. The lowest BCUT2D eigenvalue weighted by molar-refractivity contribution is 0.0968. The third-order valence-electron chi connectivity index (χ3n) is 5.60. The second-order valence-corrected chi connectivity index (χ2v) is 7.57. The van der Waals surface area contributed by atoms with E-state index in [1.54, 1.807) is 17.0 Å². The molecule has 0 bridgehead atoms. The van der Waals surface area contributed by atoms with Gasteiger partial charge in [-0.25, -0.2) is 4.39 Å². The number of halogens is 1. The number of nitrogens with zero attached hydrogens (tertiary/aromatic N) is 2. The van der Waals surface area contributed by atoms with Gasteiger partial charge in [0, 0.05) is 12.2 Å². The summed E-state index contributed by atoms with van der Waals surface area (Å²) in [5.41, 5.74) is 4.31. The average Bonchev–Trinajstić information content (AvgIpc) is 2.82. The second-order valence-electron chi connectivity index (χ2n) is 7.57. The average molecular weight is 408 g/mol. The minimum atomic E-state index is -0.411. The molecule has 0 saturated carbocycles. The molecule has 1 heterocycles. The summed E-state index contributed by atoms with van der Waals surface area (Å²) >= 11 is 0. The molecular weight excluding hydrogens is 387 g/mol. The highest BCUT2D eigenvalue weighted by molar-refractivity contribution is 6.12. The van der Waals surface area contributed by atoms with Crippen LogP contribution >= 0.6 is 0 Å². The van der Waals surface area contributed by atoms with Crippen molar-refractivity contribution in [1.82, 2.24) is 0 Å². The van der Waals surface area contributed by atoms with Crippen molar-refractivity contribution >= 4 is 17.3 Å². The quantitative estimate of drug-likeness (QED) is 0.402. The molecule has 0 aromatic heterocycles. The molecule has 1 atom stereocenters. The number of carbonyl (C=O) groups is 1. The van der Waals surface area contributed by atoms with Crippen LogP contribution in [0.5, 0.6) is 0 Å². The number of para-hydroxylation sites is 2. The van der Waals surface area contributed by atoms with E-state index in [4.69, 9.17) is 0 Å². The first kappa shape index (κ1) is 19.1. The fourth-order valence-corrected chi connectivity index (χ4v) is 4.18. The summed E-state index contributed by atoms with van der Waals surface area (Å²) in [6.07, 6.45) is -0.411. The van der Waals surface area contributed by atoms with Gasteiger partial charge in [0.1, 0.15) is 12.0 Å². The van der Waals surface area contributed by atoms with Crippen molar-refractivity contribution in [2.45, 2.75) is 12.7 Å². The minimum absolute atomic E-state index is 0.0690. The number of anilines is 2. The Balaban J connectivity index is 1.72. The molecule has 0 spiro atoms. The summed E-state index contributed by atoms with van der Waals surface area (Å²) in [5, 5.41) is 0. The van der Waals surface area contributed by atoms with E-state index in [1.165, 1.54) is 12.1 Å². The predicted octanol–water partition coefficient (Wildman–Crippen LogP) is 6.19. The molecule has 1 amide bonds. The van der Waals surface area contributed by atoms with Gasteiger partial charge in [-0.2, -0.15) is 0 Å². The molecule has 152 valence electrons.